The third-order valence-electron chi connectivity index (χ3n) is 7.26. The first-order chi connectivity index (χ1) is 21.6. The Morgan fingerprint density at radius 3 is 1.75 bits per heavy atom. The number of thiazole rings is 1. The summed E-state index contributed by atoms with van der Waals surface area (Å²) in [7, 11) is 0. The van der Waals surface area contributed by atoms with Gasteiger partial charge in [-0.3, -0.25) is 0 Å². The number of hydrogen-bond donors (Lipinski definition) is 5. The maximum Gasteiger partial charge on any atom is 0.231 e. The molecule has 218 valence electrons. The smallest absolute Gasteiger partial charge is 0.231 e. The van der Waals surface area contributed by atoms with E-state index in [1.807, 2.05) is 48.5 Å². The molecule has 10 heteroatoms. The second kappa shape index (κ2) is 13.1. The second-order valence-corrected chi connectivity index (χ2v) is 11.1. The molecule has 0 aliphatic rings. The number of nitriles is 1. The van der Waals surface area contributed by atoms with Gasteiger partial charge in [-0.05, 0) is 61.9 Å². The van der Waals surface area contributed by atoms with Gasteiger partial charge in [-0.2, -0.15) is 5.26 Å². The van der Waals surface area contributed by atoms with Crippen LogP contribution < -0.4 is 27.0 Å². The van der Waals surface area contributed by atoms with E-state index in [-0.39, 0.29) is 0 Å². The van der Waals surface area contributed by atoms with Gasteiger partial charge < -0.3 is 27.0 Å². The Hall–Kier alpha value is -5.66. The van der Waals surface area contributed by atoms with Crippen LogP contribution in [0, 0.1) is 11.3 Å². The summed E-state index contributed by atoms with van der Waals surface area (Å²) in [5.74, 6) is 0. The number of anilines is 5. The van der Waals surface area contributed by atoms with Crippen LogP contribution in [0.3, 0.4) is 0 Å². The third-order valence-corrected chi connectivity index (χ3v) is 7.99. The van der Waals surface area contributed by atoms with Gasteiger partial charge >= 0.3 is 0 Å². The molecule has 6 aromatic rings. The predicted octanol–water partition coefficient (Wildman–Crippen LogP) is 9.82. The zero-order chi connectivity index (χ0) is 30.3. The van der Waals surface area contributed by atoms with Gasteiger partial charge in [0.1, 0.15) is 6.07 Å². The van der Waals surface area contributed by atoms with Crippen LogP contribution in [0.1, 0.15) is 26.0 Å². The van der Waals surface area contributed by atoms with Crippen LogP contribution in [0.5, 0.6) is 0 Å². The summed E-state index contributed by atoms with van der Waals surface area (Å²) < 4.78 is 0. The normalized spacial score (nSPS) is 11.8. The zero-order valence-corrected chi connectivity index (χ0v) is 25.1. The fourth-order valence-electron chi connectivity index (χ4n) is 4.77. The van der Waals surface area contributed by atoms with Crippen LogP contribution in [0.4, 0.5) is 39.3 Å². The van der Waals surface area contributed by atoms with E-state index in [2.05, 4.69) is 111 Å². The first-order valence-electron chi connectivity index (χ1n) is 14.3. The van der Waals surface area contributed by atoms with Crippen molar-refractivity contribution in [2.75, 3.05) is 27.0 Å². The van der Waals surface area contributed by atoms with E-state index in [9.17, 15) is 0 Å². The van der Waals surface area contributed by atoms with Crippen molar-refractivity contribution in [1.29, 1.82) is 5.26 Å². The molecule has 1 aromatic heterocycles. The molecule has 44 heavy (non-hydrogen) atoms. The molecule has 0 bridgehead atoms. The Bertz CT molecular complexity index is 1980. The Kier molecular flexibility index (Phi) is 8.48. The lowest BCUT2D eigenvalue weighted by molar-refractivity contribution is 0.765. The van der Waals surface area contributed by atoms with E-state index >= 15 is 0 Å². The molecule has 5 N–H and O–H groups in total. The van der Waals surface area contributed by atoms with Crippen molar-refractivity contribution in [3.63, 3.8) is 0 Å². The molecule has 0 amide bonds. The molecule has 1 atom stereocenters. The van der Waals surface area contributed by atoms with Gasteiger partial charge in [-0.1, -0.05) is 55.5 Å². The zero-order valence-electron chi connectivity index (χ0n) is 24.3. The van der Waals surface area contributed by atoms with Gasteiger partial charge in [0.2, 0.25) is 5.13 Å². The number of hydrazine groups is 2. The number of nitrogens with one attached hydrogen (secondary N) is 5. The standard InChI is InChI=1S/C34H31N9S/c1-3-22(2)36-30-16-17-32(27-9-5-4-8-26(27)30)41-42-33-19-18-31(28-10-6-7-11-29(28)33)40-38-23-12-14-24(15-13-23)39-43-34-37-25(20-35)21-44-34/h4-19,21-22,36,38,40-42H,3H2,1-2H3. The summed E-state index contributed by atoms with van der Waals surface area (Å²) in [6, 6.07) is 35.0. The molecule has 0 radical (unpaired) electrons. The molecule has 9 nitrogen and oxygen atoms in total. The molecule has 0 spiro atoms. The molecule has 5 aromatic carbocycles. The Balaban J connectivity index is 1.15. The first-order valence-corrected chi connectivity index (χ1v) is 15.2. The lowest BCUT2D eigenvalue weighted by Gasteiger charge is -2.19. The van der Waals surface area contributed by atoms with E-state index in [0.29, 0.717) is 22.6 Å². The highest BCUT2D eigenvalue weighted by Crippen LogP contribution is 2.33. The topological polar surface area (TPSA) is 122 Å². The van der Waals surface area contributed by atoms with E-state index in [1.165, 1.54) is 16.7 Å². The highest BCUT2D eigenvalue weighted by atomic mass is 32.1. The van der Waals surface area contributed by atoms with E-state index in [0.717, 1.165) is 51.0 Å². The molecule has 0 fully saturated rings. The van der Waals surface area contributed by atoms with Crippen molar-refractivity contribution < 1.29 is 0 Å². The average molecular weight is 598 g/mol. The van der Waals surface area contributed by atoms with Crippen LogP contribution >= 0.6 is 11.3 Å². The monoisotopic (exact) mass is 597 g/mol. The van der Waals surface area contributed by atoms with Gasteiger partial charge in [0.05, 0.1) is 28.4 Å². The number of nitrogens with zero attached hydrogens (tertiary/aromatic N) is 4. The van der Waals surface area contributed by atoms with Crippen molar-refractivity contribution >= 4 is 72.1 Å². The highest BCUT2D eigenvalue weighted by Gasteiger charge is 2.10. The van der Waals surface area contributed by atoms with Crippen LogP contribution in [0.2, 0.25) is 0 Å². The quantitative estimate of drug-likeness (QED) is 0.0744. The second-order valence-electron chi connectivity index (χ2n) is 10.2. The molecule has 0 saturated carbocycles. The molecular formula is C34H31N9S. The minimum Gasteiger partial charge on any atom is -0.382 e. The highest BCUT2D eigenvalue weighted by molar-refractivity contribution is 7.13. The lowest BCUT2D eigenvalue weighted by Crippen LogP contribution is -2.14. The Morgan fingerprint density at radius 2 is 1.23 bits per heavy atom. The van der Waals surface area contributed by atoms with Gasteiger partial charge in [-0.25, -0.2) is 4.98 Å². The maximum atomic E-state index is 8.91. The van der Waals surface area contributed by atoms with Gasteiger partial charge in [-0.15, -0.1) is 21.6 Å². The predicted molar refractivity (Wildman–Crippen MR) is 183 cm³/mol. The Morgan fingerprint density at radius 1 is 0.705 bits per heavy atom. The first kappa shape index (κ1) is 28.5. The average Bonchev–Trinajstić information content (AvgIpc) is 3.55. The largest absolute Gasteiger partial charge is 0.382 e. The van der Waals surface area contributed by atoms with Gasteiger partial charge in [0, 0.05) is 38.7 Å². The summed E-state index contributed by atoms with van der Waals surface area (Å²) in [6.07, 6.45) is 1.06. The summed E-state index contributed by atoms with van der Waals surface area (Å²) in [6.45, 7) is 4.39. The third kappa shape index (κ3) is 6.38. The Labute approximate surface area is 259 Å². The summed E-state index contributed by atoms with van der Waals surface area (Å²) in [5, 5.41) is 27.4. The van der Waals surface area contributed by atoms with Gasteiger partial charge in [0.25, 0.3) is 0 Å². The molecular weight excluding hydrogens is 567 g/mol. The molecule has 1 unspecified atom stereocenters. The van der Waals surface area contributed by atoms with Crippen molar-refractivity contribution in [1.82, 2.24) is 4.98 Å². The maximum absolute atomic E-state index is 8.91. The molecule has 6 rings (SSSR count). The number of hydrogen-bond acceptors (Lipinski definition) is 10. The molecule has 0 aliphatic carbocycles. The molecule has 1 heterocycles. The number of azo groups is 1. The summed E-state index contributed by atoms with van der Waals surface area (Å²) >= 11 is 1.28. The molecule has 0 saturated heterocycles. The van der Waals surface area contributed by atoms with Crippen LogP contribution in [-0.4, -0.2) is 11.0 Å². The van der Waals surface area contributed by atoms with Crippen molar-refractivity contribution in [3.8, 4) is 6.07 Å². The summed E-state index contributed by atoms with van der Waals surface area (Å²) in [4.78, 5) is 4.07. The molecule has 0 aliphatic heterocycles. The van der Waals surface area contributed by atoms with Crippen LogP contribution in [-0.2, 0) is 0 Å². The minimum absolute atomic E-state index is 0.343. The van der Waals surface area contributed by atoms with E-state index in [4.69, 9.17) is 5.26 Å². The van der Waals surface area contributed by atoms with Crippen LogP contribution in [0.15, 0.2) is 113 Å². The van der Waals surface area contributed by atoms with E-state index < -0.39 is 0 Å². The number of benzene rings is 5. The fourth-order valence-corrected chi connectivity index (χ4v) is 5.33. The number of aromatic nitrogens is 1. The van der Waals surface area contributed by atoms with Gasteiger partial charge in [0.15, 0.2) is 5.69 Å². The van der Waals surface area contributed by atoms with Crippen molar-refractivity contribution in [3.05, 3.63) is 108 Å². The number of rotatable bonds is 11. The van der Waals surface area contributed by atoms with Crippen LogP contribution in [0.25, 0.3) is 21.5 Å². The minimum atomic E-state index is 0.343. The summed E-state index contributed by atoms with van der Waals surface area (Å²) in [5.41, 5.74) is 19.5. The lowest BCUT2D eigenvalue weighted by atomic mass is 10.1. The van der Waals surface area contributed by atoms with Crippen molar-refractivity contribution in [2.24, 2.45) is 10.2 Å². The number of fused-ring (bicyclic) bond motifs is 2. The SMILES string of the molecule is CCC(C)Nc1ccc(NNc2ccc(NNc3ccc(N=Nc4nc(C#N)cs4)cc3)c3ccccc23)c2ccccc12. The fraction of sp³-hybridized carbons (Fsp3) is 0.118. The van der Waals surface area contributed by atoms with Crippen molar-refractivity contribution in [2.45, 2.75) is 26.3 Å². The van der Waals surface area contributed by atoms with E-state index in [1.54, 1.807) is 5.38 Å².